The van der Waals surface area contributed by atoms with Crippen LogP contribution in [0.3, 0.4) is 0 Å². The molecule has 6 heteroatoms. The van der Waals surface area contributed by atoms with Gasteiger partial charge in [0.15, 0.2) is 0 Å². The summed E-state index contributed by atoms with van der Waals surface area (Å²) in [7, 11) is 0. The van der Waals surface area contributed by atoms with Crippen molar-refractivity contribution in [2.75, 3.05) is 0 Å². The lowest BCUT2D eigenvalue weighted by atomic mass is 10.1. The molecule has 2 rings (SSSR count). The van der Waals surface area contributed by atoms with Crippen molar-refractivity contribution in [2.45, 2.75) is 27.4 Å². The van der Waals surface area contributed by atoms with Crippen LogP contribution in [0.1, 0.15) is 31.5 Å². The van der Waals surface area contributed by atoms with Crippen molar-refractivity contribution >= 4 is 33.2 Å². The highest BCUT2D eigenvalue weighted by molar-refractivity contribution is 9.10. The molecule has 1 aromatic carbocycles. The molecule has 0 aliphatic heterocycles. The third kappa shape index (κ3) is 3.19. The maximum atomic E-state index is 11.0. The van der Waals surface area contributed by atoms with Crippen molar-refractivity contribution in [3.8, 4) is 5.75 Å². The Morgan fingerprint density at radius 3 is 2.45 bits per heavy atom. The normalized spacial score (nSPS) is 10.6. The smallest absolute Gasteiger partial charge is 0.347 e. The van der Waals surface area contributed by atoms with Gasteiger partial charge in [0, 0.05) is 4.47 Å². The number of carboxylic acids is 1. The predicted octanol–water partition coefficient (Wildman–Crippen LogP) is 4.11. The average molecular weight is 356 g/mol. The monoisotopic (exact) mass is 355 g/mol. The Balaban J connectivity index is 2.17. The predicted molar refractivity (Wildman–Crippen MR) is 81.8 cm³/mol. The zero-order valence-electron chi connectivity index (χ0n) is 11.4. The van der Waals surface area contributed by atoms with Crippen LogP contribution in [-0.2, 0) is 6.61 Å². The molecule has 0 atom stereocenters. The van der Waals surface area contributed by atoms with Crippen LogP contribution in [0.4, 0.5) is 0 Å². The minimum atomic E-state index is -0.942. The molecular formula is C14H14BrNO3S. The van der Waals surface area contributed by atoms with Crippen molar-refractivity contribution < 1.29 is 14.6 Å². The molecule has 0 saturated carbocycles. The molecule has 0 amide bonds. The summed E-state index contributed by atoms with van der Waals surface area (Å²) in [5.41, 5.74) is 2.59. The number of hydrogen-bond donors (Lipinski definition) is 1. The first-order chi connectivity index (χ1) is 9.38. The molecule has 0 saturated heterocycles. The van der Waals surface area contributed by atoms with E-state index in [-0.39, 0.29) is 11.5 Å². The summed E-state index contributed by atoms with van der Waals surface area (Å²) in [6.07, 6.45) is 0. The van der Waals surface area contributed by atoms with Crippen LogP contribution in [-0.4, -0.2) is 16.1 Å². The first-order valence-electron chi connectivity index (χ1n) is 5.97. The number of aryl methyl sites for hydroxylation is 3. The first-order valence-corrected chi connectivity index (χ1v) is 7.58. The number of nitrogens with zero attached hydrogens (tertiary/aromatic N) is 1. The molecule has 0 aliphatic carbocycles. The number of carboxylic acid groups (broad SMARTS) is 1. The molecule has 20 heavy (non-hydrogen) atoms. The van der Waals surface area contributed by atoms with Gasteiger partial charge < -0.3 is 9.84 Å². The standard InChI is InChI=1S/C14H14BrNO3S/c1-7-4-10(15)5-8(2)12(7)19-6-11-16-9(3)13(20-11)14(17)18/h4-5H,6H2,1-3H3,(H,17,18). The van der Waals surface area contributed by atoms with Crippen molar-refractivity contribution in [3.05, 3.63) is 43.3 Å². The van der Waals surface area contributed by atoms with E-state index in [1.807, 2.05) is 26.0 Å². The molecule has 1 aromatic heterocycles. The van der Waals surface area contributed by atoms with E-state index in [1.54, 1.807) is 6.92 Å². The lowest BCUT2D eigenvalue weighted by Crippen LogP contribution is -1.98. The van der Waals surface area contributed by atoms with Crippen LogP contribution in [0.15, 0.2) is 16.6 Å². The fraction of sp³-hybridized carbons (Fsp3) is 0.286. The van der Waals surface area contributed by atoms with E-state index >= 15 is 0 Å². The maximum Gasteiger partial charge on any atom is 0.347 e. The lowest BCUT2D eigenvalue weighted by Gasteiger charge is -2.11. The molecule has 4 nitrogen and oxygen atoms in total. The highest BCUT2D eigenvalue weighted by atomic mass is 79.9. The highest BCUT2D eigenvalue weighted by Gasteiger charge is 2.15. The number of aromatic carboxylic acids is 1. The van der Waals surface area contributed by atoms with E-state index in [2.05, 4.69) is 20.9 Å². The number of benzene rings is 1. The van der Waals surface area contributed by atoms with Crippen molar-refractivity contribution in [3.63, 3.8) is 0 Å². The van der Waals surface area contributed by atoms with Crippen molar-refractivity contribution in [2.24, 2.45) is 0 Å². The van der Waals surface area contributed by atoms with Crippen LogP contribution in [0.2, 0.25) is 0 Å². The summed E-state index contributed by atoms with van der Waals surface area (Å²) < 4.78 is 6.80. The van der Waals surface area contributed by atoms with E-state index in [9.17, 15) is 4.79 Å². The fourth-order valence-corrected chi connectivity index (χ4v) is 3.47. The summed E-state index contributed by atoms with van der Waals surface area (Å²) >= 11 is 4.60. The zero-order chi connectivity index (χ0) is 14.9. The minimum Gasteiger partial charge on any atom is -0.486 e. The number of carbonyl (C=O) groups is 1. The van der Waals surface area contributed by atoms with Gasteiger partial charge in [-0.1, -0.05) is 15.9 Å². The third-order valence-corrected chi connectivity index (χ3v) is 4.38. The molecule has 0 bridgehead atoms. The summed E-state index contributed by atoms with van der Waals surface area (Å²) in [6.45, 7) is 5.92. The zero-order valence-corrected chi connectivity index (χ0v) is 13.8. The van der Waals surface area contributed by atoms with Gasteiger partial charge in [-0.25, -0.2) is 9.78 Å². The third-order valence-electron chi connectivity index (χ3n) is 2.80. The number of hydrogen-bond acceptors (Lipinski definition) is 4. The SMILES string of the molecule is Cc1cc(Br)cc(C)c1OCc1nc(C)c(C(=O)O)s1. The molecule has 1 N–H and O–H groups in total. The van der Waals surface area contributed by atoms with E-state index in [1.165, 1.54) is 0 Å². The number of thiazole rings is 1. The second kappa shape index (κ2) is 5.93. The minimum absolute atomic E-state index is 0.271. The molecule has 0 aliphatic rings. The quantitative estimate of drug-likeness (QED) is 0.896. The molecule has 0 fully saturated rings. The largest absolute Gasteiger partial charge is 0.486 e. The fourth-order valence-electron chi connectivity index (χ4n) is 1.97. The van der Waals surface area contributed by atoms with Gasteiger partial charge in [0.25, 0.3) is 0 Å². The van der Waals surface area contributed by atoms with Crippen molar-refractivity contribution in [1.29, 1.82) is 0 Å². The Labute approximate surface area is 129 Å². The number of aromatic nitrogens is 1. The number of ether oxygens (including phenoxy) is 1. The highest BCUT2D eigenvalue weighted by Crippen LogP contribution is 2.28. The molecule has 1 heterocycles. The van der Waals surface area contributed by atoms with Gasteiger partial charge in [-0.2, -0.15) is 0 Å². The lowest BCUT2D eigenvalue weighted by molar-refractivity contribution is 0.0701. The number of rotatable bonds is 4. The van der Waals surface area contributed by atoms with Gasteiger partial charge in [0.1, 0.15) is 22.2 Å². The van der Waals surface area contributed by atoms with E-state index in [4.69, 9.17) is 9.84 Å². The van der Waals surface area contributed by atoms with Crippen LogP contribution in [0.5, 0.6) is 5.75 Å². The van der Waals surface area contributed by atoms with Gasteiger partial charge in [0.05, 0.1) is 5.69 Å². The Kier molecular flexibility index (Phi) is 4.45. The molecule has 0 spiro atoms. The summed E-state index contributed by atoms with van der Waals surface area (Å²) in [6, 6.07) is 3.97. The Hall–Kier alpha value is -1.40. The van der Waals surface area contributed by atoms with Gasteiger partial charge in [-0.3, -0.25) is 0 Å². The summed E-state index contributed by atoms with van der Waals surface area (Å²) in [4.78, 5) is 15.5. The van der Waals surface area contributed by atoms with Crippen molar-refractivity contribution in [1.82, 2.24) is 4.98 Å². The molecule has 0 unspecified atom stereocenters. The first kappa shape index (κ1) is 15.0. The topological polar surface area (TPSA) is 59.4 Å². The van der Waals surface area contributed by atoms with Gasteiger partial charge in [-0.15, -0.1) is 11.3 Å². The van der Waals surface area contributed by atoms with Gasteiger partial charge in [-0.05, 0) is 44.0 Å². The van der Waals surface area contributed by atoms with Gasteiger partial charge in [0.2, 0.25) is 0 Å². The van der Waals surface area contributed by atoms with E-state index in [0.717, 1.165) is 32.7 Å². The summed E-state index contributed by atoms with van der Waals surface area (Å²) in [5, 5.41) is 9.68. The van der Waals surface area contributed by atoms with E-state index in [0.29, 0.717) is 10.7 Å². The Morgan fingerprint density at radius 1 is 1.35 bits per heavy atom. The van der Waals surface area contributed by atoms with Crippen LogP contribution in [0.25, 0.3) is 0 Å². The average Bonchev–Trinajstić information content (AvgIpc) is 2.69. The molecule has 2 aromatic rings. The van der Waals surface area contributed by atoms with Crippen LogP contribution < -0.4 is 4.74 Å². The Morgan fingerprint density at radius 2 is 1.95 bits per heavy atom. The Bertz CT molecular complexity index is 643. The van der Waals surface area contributed by atoms with E-state index < -0.39 is 5.97 Å². The molecule has 0 radical (unpaired) electrons. The van der Waals surface area contributed by atoms with Crippen LogP contribution in [0, 0.1) is 20.8 Å². The summed E-state index contributed by atoms with van der Waals surface area (Å²) in [5.74, 6) is -0.125. The van der Waals surface area contributed by atoms with Gasteiger partial charge >= 0.3 is 5.97 Å². The molecule has 106 valence electrons. The van der Waals surface area contributed by atoms with Crippen LogP contribution >= 0.6 is 27.3 Å². The second-order valence-electron chi connectivity index (χ2n) is 4.48. The maximum absolute atomic E-state index is 11.0. The number of halogens is 1. The molecular weight excluding hydrogens is 342 g/mol. The second-order valence-corrected chi connectivity index (χ2v) is 6.48.